The van der Waals surface area contributed by atoms with Gasteiger partial charge in [0.15, 0.2) is 5.76 Å². The van der Waals surface area contributed by atoms with Crippen molar-refractivity contribution in [2.75, 3.05) is 6.54 Å². The molecule has 32 heavy (non-hydrogen) atoms. The Bertz CT molecular complexity index is 1320. The van der Waals surface area contributed by atoms with E-state index in [2.05, 4.69) is 20.3 Å². The van der Waals surface area contributed by atoms with Crippen molar-refractivity contribution in [2.45, 2.75) is 36.6 Å². The molecule has 3 aromatic rings. The highest BCUT2D eigenvalue weighted by Crippen LogP contribution is 2.36. The number of aryl methyl sites for hydroxylation is 1. The summed E-state index contributed by atoms with van der Waals surface area (Å²) in [7, 11) is -3.79. The molecule has 3 amide bonds. The Morgan fingerprint density at radius 3 is 2.75 bits per heavy atom. The van der Waals surface area contributed by atoms with Gasteiger partial charge in [-0.1, -0.05) is 18.2 Å². The van der Waals surface area contributed by atoms with E-state index in [9.17, 15) is 18.0 Å². The lowest BCUT2D eigenvalue weighted by atomic mass is 9.96. The van der Waals surface area contributed by atoms with Crippen LogP contribution in [0.1, 0.15) is 25.0 Å². The lowest BCUT2D eigenvalue weighted by Gasteiger charge is -2.19. The van der Waals surface area contributed by atoms with Gasteiger partial charge in [0.05, 0.1) is 5.69 Å². The van der Waals surface area contributed by atoms with E-state index in [4.69, 9.17) is 4.42 Å². The number of nitrogens with one attached hydrogen (secondary N) is 3. The molecule has 1 aliphatic heterocycles. The highest BCUT2D eigenvalue weighted by molar-refractivity contribution is 7.89. The summed E-state index contributed by atoms with van der Waals surface area (Å²) in [5.41, 5.74) is 0.736. The summed E-state index contributed by atoms with van der Waals surface area (Å²) in [6.45, 7) is 1.82. The molecule has 1 aromatic carbocycles. The number of pyridine rings is 1. The second-order valence-electron chi connectivity index (χ2n) is 8.38. The largest absolute Gasteiger partial charge is 0.454 e. The number of carbonyl (C=O) groups excluding carboxylic acids is 2. The zero-order chi connectivity index (χ0) is 22.5. The number of amides is 3. The zero-order valence-electron chi connectivity index (χ0n) is 17.3. The number of nitrogens with zero attached hydrogens (tertiary/aromatic N) is 1. The van der Waals surface area contributed by atoms with Crippen molar-refractivity contribution in [3.05, 3.63) is 48.2 Å². The molecule has 0 radical (unpaired) electrons. The Morgan fingerprint density at radius 1 is 1.22 bits per heavy atom. The van der Waals surface area contributed by atoms with Crippen molar-refractivity contribution in [3.8, 4) is 11.5 Å². The molecule has 1 spiro atoms. The molecule has 2 aliphatic rings. The van der Waals surface area contributed by atoms with E-state index in [0.29, 0.717) is 36.4 Å². The van der Waals surface area contributed by atoms with E-state index < -0.39 is 21.6 Å². The van der Waals surface area contributed by atoms with Gasteiger partial charge in [-0.25, -0.2) is 22.9 Å². The maximum absolute atomic E-state index is 12.9. The summed E-state index contributed by atoms with van der Waals surface area (Å²) < 4.78 is 34.3. The lowest BCUT2D eigenvalue weighted by molar-refractivity contribution is -0.123. The Hall–Kier alpha value is -3.24. The van der Waals surface area contributed by atoms with Crippen molar-refractivity contribution in [1.29, 1.82) is 0 Å². The molecule has 3 heterocycles. The minimum absolute atomic E-state index is 0.0583. The zero-order valence-corrected chi connectivity index (χ0v) is 18.2. The third-order valence-electron chi connectivity index (χ3n) is 6.20. The fourth-order valence-corrected chi connectivity index (χ4v) is 5.84. The molecule has 1 aliphatic carbocycles. The number of carbonyl (C=O) groups is 2. The number of sulfonamides is 1. The number of furan rings is 1. The van der Waals surface area contributed by atoms with Gasteiger partial charge in [0.1, 0.15) is 21.7 Å². The average molecular weight is 455 g/mol. The van der Waals surface area contributed by atoms with Gasteiger partial charge in [0, 0.05) is 11.9 Å². The van der Waals surface area contributed by atoms with Crippen LogP contribution in [0.2, 0.25) is 0 Å². The number of benzene rings is 1. The topological polar surface area (TPSA) is 130 Å². The van der Waals surface area contributed by atoms with Crippen LogP contribution in [-0.2, 0) is 14.8 Å². The van der Waals surface area contributed by atoms with Gasteiger partial charge in [-0.05, 0) is 56.4 Å². The van der Waals surface area contributed by atoms with E-state index in [0.717, 1.165) is 11.0 Å². The summed E-state index contributed by atoms with van der Waals surface area (Å²) in [4.78, 5) is 28.1. The number of hydrogen-bond acceptors (Lipinski definition) is 6. The Kier molecular flexibility index (Phi) is 4.79. The van der Waals surface area contributed by atoms with Crippen molar-refractivity contribution in [2.24, 2.45) is 5.92 Å². The number of fused-ring (bicyclic) bond motifs is 1. The minimum Gasteiger partial charge on any atom is -0.454 e. The third-order valence-corrected chi connectivity index (χ3v) is 7.76. The molecule has 3 N–H and O–H groups in total. The minimum atomic E-state index is -3.79. The van der Waals surface area contributed by atoms with Crippen molar-refractivity contribution >= 4 is 32.9 Å². The highest BCUT2D eigenvalue weighted by atomic mass is 32.2. The first-order chi connectivity index (χ1) is 15.3. The van der Waals surface area contributed by atoms with Crippen LogP contribution in [0.4, 0.5) is 4.79 Å². The molecule has 10 heteroatoms. The van der Waals surface area contributed by atoms with Crippen molar-refractivity contribution in [1.82, 2.24) is 20.3 Å². The van der Waals surface area contributed by atoms with Crippen molar-refractivity contribution < 1.29 is 22.4 Å². The number of para-hydroxylation sites is 1. The van der Waals surface area contributed by atoms with Crippen LogP contribution >= 0.6 is 0 Å². The van der Waals surface area contributed by atoms with Crippen LogP contribution in [0.25, 0.3) is 22.4 Å². The quantitative estimate of drug-likeness (QED) is 0.508. The summed E-state index contributed by atoms with van der Waals surface area (Å²) in [6, 6.07) is 12.1. The first-order valence-electron chi connectivity index (χ1n) is 10.4. The molecule has 5 rings (SSSR count). The second-order valence-corrected chi connectivity index (χ2v) is 10.1. The molecular formula is C22H22N4O5S. The van der Waals surface area contributed by atoms with Gasteiger partial charge in [-0.15, -0.1) is 0 Å². The van der Waals surface area contributed by atoms with Gasteiger partial charge >= 0.3 is 6.03 Å². The van der Waals surface area contributed by atoms with E-state index in [-0.39, 0.29) is 23.3 Å². The number of hydrogen-bond donors (Lipinski definition) is 3. The normalized spacial score (nSPS) is 23.1. The Morgan fingerprint density at radius 2 is 2.03 bits per heavy atom. The molecule has 166 valence electrons. The third kappa shape index (κ3) is 3.55. The fourth-order valence-electron chi connectivity index (χ4n) is 4.55. The number of urea groups is 1. The van der Waals surface area contributed by atoms with Gasteiger partial charge in [0.2, 0.25) is 10.0 Å². The van der Waals surface area contributed by atoms with Gasteiger partial charge in [-0.3, -0.25) is 10.1 Å². The van der Waals surface area contributed by atoms with Crippen LogP contribution in [0.15, 0.2) is 51.8 Å². The summed E-state index contributed by atoms with van der Waals surface area (Å²) >= 11 is 0. The predicted octanol–water partition coefficient (Wildman–Crippen LogP) is 2.46. The van der Waals surface area contributed by atoms with Gasteiger partial charge < -0.3 is 9.73 Å². The maximum atomic E-state index is 12.9. The molecule has 9 nitrogen and oxygen atoms in total. The van der Waals surface area contributed by atoms with E-state index in [1.165, 1.54) is 6.07 Å². The van der Waals surface area contributed by atoms with Crippen LogP contribution in [-0.4, -0.2) is 37.4 Å². The maximum Gasteiger partial charge on any atom is 0.322 e. The lowest BCUT2D eigenvalue weighted by Crippen LogP contribution is -2.44. The molecule has 1 saturated heterocycles. The van der Waals surface area contributed by atoms with Crippen molar-refractivity contribution in [3.63, 3.8) is 0 Å². The highest BCUT2D eigenvalue weighted by Gasteiger charge is 2.50. The molecule has 0 bridgehead atoms. The van der Waals surface area contributed by atoms with Gasteiger partial charge in [0.25, 0.3) is 5.91 Å². The summed E-state index contributed by atoms with van der Waals surface area (Å²) in [5, 5.41) is 5.89. The molecule has 2 fully saturated rings. The second kappa shape index (κ2) is 7.42. The molecule has 1 saturated carbocycles. The summed E-state index contributed by atoms with van der Waals surface area (Å²) in [6.07, 6.45) is 1.53. The van der Waals surface area contributed by atoms with E-state index >= 15 is 0 Å². The monoisotopic (exact) mass is 454 g/mol. The first-order valence-corrected chi connectivity index (χ1v) is 11.8. The SMILES string of the molecule is Cc1nc(-c2cc3ccccc3o2)ccc1S(=O)(=O)NCC1CCC2(C1)NC(=O)NC2=O. The smallest absolute Gasteiger partial charge is 0.322 e. The van der Waals surface area contributed by atoms with E-state index in [1.54, 1.807) is 13.0 Å². The van der Waals surface area contributed by atoms with Crippen LogP contribution in [0.3, 0.4) is 0 Å². The van der Waals surface area contributed by atoms with Crippen LogP contribution in [0.5, 0.6) is 0 Å². The van der Waals surface area contributed by atoms with Crippen LogP contribution < -0.4 is 15.4 Å². The van der Waals surface area contributed by atoms with E-state index in [1.807, 2.05) is 30.3 Å². The van der Waals surface area contributed by atoms with Gasteiger partial charge in [-0.2, -0.15) is 0 Å². The molecule has 2 unspecified atom stereocenters. The standard InChI is InChI=1S/C22H22N4O5S/c1-13-19(7-6-16(24-13)18-10-15-4-2-3-5-17(15)31-18)32(29,30)23-12-14-8-9-22(11-14)20(27)25-21(28)26-22/h2-7,10,14,23H,8-9,11-12H2,1H3,(H2,25,26,27,28). The summed E-state index contributed by atoms with van der Waals surface area (Å²) in [5.74, 6) is 0.172. The Balaban J connectivity index is 1.30. The average Bonchev–Trinajstić information content (AvgIpc) is 3.43. The predicted molar refractivity (Wildman–Crippen MR) is 116 cm³/mol. The fraction of sp³-hybridized carbons (Fsp3) is 0.318. The number of aromatic nitrogens is 1. The number of imide groups is 1. The molecule has 2 aromatic heterocycles. The molecular weight excluding hydrogens is 432 g/mol. The Labute approximate surface area is 184 Å². The first kappa shape index (κ1) is 20.7. The number of rotatable bonds is 5. The van der Waals surface area contributed by atoms with Crippen LogP contribution in [0, 0.1) is 12.8 Å². The molecule has 2 atom stereocenters.